The average molecular weight is 308 g/mol. The molecule has 3 N–H and O–H groups in total. The van der Waals surface area contributed by atoms with Crippen molar-refractivity contribution >= 4 is 17.3 Å². The molecule has 1 saturated carbocycles. The molecule has 1 aromatic rings. The summed E-state index contributed by atoms with van der Waals surface area (Å²) in [4.78, 5) is 2.62. The average Bonchev–Trinajstić information content (AvgIpc) is 2.53. The van der Waals surface area contributed by atoms with Gasteiger partial charge in [0.05, 0.1) is 0 Å². The minimum absolute atomic E-state index is 0.436. The molecule has 1 aromatic carbocycles. The van der Waals surface area contributed by atoms with Crippen molar-refractivity contribution in [1.29, 1.82) is 0 Å². The van der Waals surface area contributed by atoms with Crippen molar-refractivity contribution in [3.05, 3.63) is 28.8 Å². The van der Waals surface area contributed by atoms with E-state index in [-0.39, 0.29) is 0 Å². The number of nitrogen functional groups attached to an aromatic ring is 1. The maximum absolute atomic E-state index is 6.30. The van der Waals surface area contributed by atoms with Crippen LogP contribution in [0.3, 0.4) is 0 Å². The van der Waals surface area contributed by atoms with Crippen molar-refractivity contribution in [2.45, 2.75) is 38.1 Å². The van der Waals surface area contributed by atoms with E-state index in [1.54, 1.807) is 0 Å². The van der Waals surface area contributed by atoms with Gasteiger partial charge >= 0.3 is 0 Å². The third kappa shape index (κ3) is 3.53. The molecule has 4 heteroatoms. The Labute approximate surface area is 132 Å². The summed E-state index contributed by atoms with van der Waals surface area (Å²) in [6, 6.07) is 6.40. The first-order valence-electron chi connectivity index (χ1n) is 8.25. The smallest absolute Gasteiger partial charge is 0.0410 e. The van der Waals surface area contributed by atoms with Gasteiger partial charge in [-0.15, -0.1) is 0 Å². The van der Waals surface area contributed by atoms with Gasteiger partial charge in [0.2, 0.25) is 0 Å². The summed E-state index contributed by atoms with van der Waals surface area (Å²) in [5, 5.41) is 4.25. The lowest BCUT2D eigenvalue weighted by atomic mass is 9.79. The lowest BCUT2D eigenvalue weighted by Gasteiger charge is -2.41. The third-order valence-corrected chi connectivity index (χ3v) is 5.24. The van der Waals surface area contributed by atoms with Crippen LogP contribution in [-0.4, -0.2) is 31.1 Å². The fourth-order valence-corrected chi connectivity index (χ4v) is 4.14. The predicted octanol–water partition coefficient (Wildman–Crippen LogP) is 3.45. The number of rotatable bonds is 3. The number of piperazine rings is 1. The molecule has 0 bridgehead atoms. The van der Waals surface area contributed by atoms with E-state index in [0.29, 0.717) is 6.04 Å². The molecule has 0 radical (unpaired) electrons. The molecule has 2 aliphatic rings. The first-order chi connectivity index (χ1) is 10.3. The van der Waals surface area contributed by atoms with E-state index in [0.717, 1.165) is 42.8 Å². The van der Waals surface area contributed by atoms with Crippen LogP contribution >= 0.6 is 11.6 Å². The fourth-order valence-electron chi connectivity index (χ4n) is 3.96. The molecule has 0 amide bonds. The van der Waals surface area contributed by atoms with Crippen LogP contribution in [0.25, 0.3) is 0 Å². The van der Waals surface area contributed by atoms with Crippen molar-refractivity contribution in [3.8, 4) is 0 Å². The fraction of sp³-hybridized carbons (Fsp3) is 0.647. The molecule has 1 heterocycles. The second-order valence-electron chi connectivity index (χ2n) is 6.40. The highest BCUT2D eigenvalue weighted by atomic mass is 35.5. The zero-order valence-electron chi connectivity index (χ0n) is 12.7. The number of halogens is 1. The topological polar surface area (TPSA) is 41.3 Å². The molecule has 1 saturated heterocycles. The number of anilines is 1. The summed E-state index contributed by atoms with van der Waals surface area (Å²) < 4.78 is 0. The molecule has 0 unspecified atom stereocenters. The molecular weight excluding hydrogens is 282 g/mol. The number of hydrogen-bond acceptors (Lipinski definition) is 3. The van der Waals surface area contributed by atoms with Crippen LogP contribution in [0, 0.1) is 5.92 Å². The van der Waals surface area contributed by atoms with E-state index < -0.39 is 0 Å². The second kappa shape index (κ2) is 6.99. The van der Waals surface area contributed by atoms with Crippen molar-refractivity contribution < 1.29 is 0 Å². The summed E-state index contributed by atoms with van der Waals surface area (Å²) in [6.07, 6.45) is 6.73. The molecular formula is C17H26ClN3. The van der Waals surface area contributed by atoms with Gasteiger partial charge in [-0.25, -0.2) is 0 Å². The maximum Gasteiger partial charge on any atom is 0.0410 e. The lowest BCUT2D eigenvalue weighted by Crippen LogP contribution is -2.47. The molecule has 0 aromatic heterocycles. The van der Waals surface area contributed by atoms with Gasteiger partial charge in [-0.3, -0.25) is 4.90 Å². The molecule has 21 heavy (non-hydrogen) atoms. The van der Waals surface area contributed by atoms with Crippen LogP contribution < -0.4 is 11.1 Å². The molecule has 3 nitrogen and oxygen atoms in total. The van der Waals surface area contributed by atoms with Gasteiger partial charge in [0.25, 0.3) is 0 Å². The summed E-state index contributed by atoms with van der Waals surface area (Å²) in [6.45, 7) is 4.35. The Kier molecular flexibility index (Phi) is 5.04. The predicted molar refractivity (Wildman–Crippen MR) is 89.6 cm³/mol. The van der Waals surface area contributed by atoms with Crippen molar-refractivity contribution in [2.24, 2.45) is 5.92 Å². The summed E-state index contributed by atoms with van der Waals surface area (Å²) in [5.74, 6) is 0.720. The zero-order chi connectivity index (χ0) is 14.7. The molecule has 1 atom stereocenters. The highest BCUT2D eigenvalue weighted by Crippen LogP contribution is 2.41. The van der Waals surface area contributed by atoms with Crippen LogP contribution in [0.4, 0.5) is 5.69 Å². The van der Waals surface area contributed by atoms with Gasteiger partial charge in [-0.2, -0.15) is 0 Å². The normalized spacial score (nSPS) is 23.1. The largest absolute Gasteiger partial charge is 0.398 e. The van der Waals surface area contributed by atoms with Crippen LogP contribution in [0.1, 0.15) is 43.7 Å². The maximum atomic E-state index is 6.30. The Bertz CT molecular complexity index is 447. The number of nitrogens with two attached hydrogens (primary N) is 1. The van der Waals surface area contributed by atoms with Gasteiger partial charge in [-0.05, 0) is 42.5 Å². The second-order valence-corrected chi connectivity index (χ2v) is 6.84. The first-order valence-corrected chi connectivity index (χ1v) is 8.63. The molecule has 1 aliphatic carbocycles. The van der Waals surface area contributed by atoms with Crippen molar-refractivity contribution in [1.82, 2.24) is 10.2 Å². The summed E-state index contributed by atoms with van der Waals surface area (Å²) in [5.41, 5.74) is 8.45. The third-order valence-electron chi connectivity index (χ3n) is 5.01. The SMILES string of the molecule is Nc1ccc(Cl)cc1[C@@H](C1CCCCC1)N1CCNCC1. The molecule has 2 fully saturated rings. The minimum Gasteiger partial charge on any atom is -0.398 e. The zero-order valence-corrected chi connectivity index (χ0v) is 13.4. The van der Waals surface area contributed by atoms with Crippen molar-refractivity contribution in [3.63, 3.8) is 0 Å². The van der Waals surface area contributed by atoms with E-state index in [4.69, 9.17) is 17.3 Å². The number of hydrogen-bond donors (Lipinski definition) is 2. The molecule has 3 rings (SSSR count). The standard InChI is InChI=1S/C17H26ClN3/c18-14-6-7-16(19)15(12-14)17(13-4-2-1-3-5-13)21-10-8-20-9-11-21/h6-7,12-13,17,20H,1-5,8-11,19H2/t17-/m1/s1. The van der Waals surface area contributed by atoms with Gasteiger partial charge in [0.15, 0.2) is 0 Å². The molecule has 1 aliphatic heterocycles. The van der Waals surface area contributed by atoms with Gasteiger partial charge in [0.1, 0.15) is 0 Å². The van der Waals surface area contributed by atoms with Crippen LogP contribution in [0.5, 0.6) is 0 Å². The number of nitrogens with one attached hydrogen (secondary N) is 1. The molecule has 0 spiro atoms. The Morgan fingerprint density at radius 2 is 1.86 bits per heavy atom. The number of benzene rings is 1. The van der Waals surface area contributed by atoms with Crippen LogP contribution in [-0.2, 0) is 0 Å². The quantitative estimate of drug-likeness (QED) is 0.840. The van der Waals surface area contributed by atoms with Crippen LogP contribution in [0.2, 0.25) is 5.02 Å². The van der Waals surface area contributed by atoms with E-state index in [1.807, 2.05) is 12.1 Å². The Morgan fingerprint density at radius 1 is 1.14 bits per heavy atom. The Balaban J connectivity index is 1.91. The van der Waals surface area contributed by atoms with E-state index in [1.165, 1.54) is 37.7 Å². The highest BCUT2D eigenvalue weighted by molar-refractivity contribution is 6.30. The van der Waals surface area contributed by atoms with Crippen molar-refractivity contribution in [2.75, 3.05) is 31.9 Å². The Hall–Kier alpha value is -0.770. The number of nitrogens with zero attached hydrogens (tertiary/aromatic N) is 1. The Morgan fingerprint density at radius 3 is 2.57 bits per heavy atom. The van der Waals surface area contributed by atoms with Gasteiger partial charge < -0.3 is 11.1 Å². The minimum atomic E-state index is 0.436. The van der Waals surface area contributed by atoms with E-state index >= 15 is 0 Å². The van der Waals surface area contributed by atoms with E-state index in [9.17, 15) is 0 Å². The summed E-state index contributed by atoms with van der Waals surface area (Å²) >= 11 is 6.25. The highest BCUT2D eigenvalue weighted by Gasteiger charge is 2.32. The lowest BCUT2D eigenvalue weighted by molar-refractivity contribution is 0.104. The van der Waals surface area contributed by atoms with Gasteiger partial charge in [0, 0.05) is 42.9 Å². The monoisotopic (exact) mass is 307 g/mol. The molecule has 116 valence electrons. The van der Waals surface area contributed by atoms with Gasteiger partial charge in [-0.1, -0.05) is 30.9 Å². The van der Waals surface area contributed by atoms with Crippen LogP contribution in [0.15, 0.2) is 18.2 Å². The van der Waals surface area contributed by atoms with E-state index in [2.05, 4.69) is 16.3 Å². The summed E-state index contributed by atoms with van der Waals surface area (Å²) in [7, 11) is 0. The first kappa shape index (κ1) is 15.1.